The third-order valence-electron chi connectivity index (χ3n) is 5.36. The lowest BCUT2D eigenvalue weighted by Crippen LogP contribution is -2.35. The minimum atomic E-state index is 0.364. The van der Waals surface area contributed by atoms with E-state index in [0.717, 1.165) is 24.0 Å². The summed E-state index contributed by atoms with van der Waals surface area (Å²) in [5.74, 6) is 0. The summed E-state index contributed by atoms with van der Waals surface area (Å²) in [4.78, 5) is 5.71. The van der Waals surface area contributed by atoms with Crippen LogP contribution in [0.3, 0.4) is 0 Å². The molecule has 0 radical (unpaired) electrons. The van der Waals surface area contributed by atoms with Crippen LogP contribution in [0, 0.1) is 6.92 Å². The molecule has 1 aliphatic heterocycles. The highest BCUT2D eigenvalue weighted by Crippen LogP contribution is 2.43. The Morgan fingerprint density at radius 1 is 1.12 bits per heavy atom. The number of hydrogen-bond donors (Lipinski definition) is 0. The average Bonchev–Trinajstić information content (AvgIpc) is 2.97. The number of thiophene rings is 1. The molecule has 0 saturated carbocycles. The van der Waals surface area contributed by atoms with Crippen molar-refractivity contribution in [3.05, 3.63) is 91.1 Å². The second kappa shape index (κ2) is 7.67. The van der Waals surface area contributed by atoms with Crippen LogP contribution < -0.4 is 0 Å². The normalized spacial score (nSPS) is 17.3. The lowest BCUT2D eigenvalue weighted by Gasteiger charge is -2.36. The minimum Gasteiger partial charge on any atom is -0.287 e. The molecule has 0 fully saturated rings. The molecular weight excluding hydrogens is 402 g/mol. The van der Waals surface area contributed by atoms with Crippen molar-refractivity contribution in [2.75, 3.05) is 6.54 Å². The average molecular weight is 426 g/mol. The quantitative estimate of drug-likeness (QED) is 0.459. The van der Waals surface area contributed by atoms with Gasteiger partial charge < -0.3 is 0 Å². The molecule has 1 nitrogen and oxygen atoms in total. The highest BCUT2D eigenvalue weighted by atomic mass is 79.9. The van der Waals surface area contributed by atoms with Gasteiger partial charge in [-0.3, -0.25) is 4.90 Å². The highest BCUT2D eigenvalue weighted by Gasteiger charge is 2.32. The smallest absolute Gasteiger partial charge is 0.0702 e. The first kappa shape index (κ1) is 18.0. The van der Waals surface area contributed by atoms with Gasteiger partial charge in [0.05, 0.1) is 6.04 Å². The predicted octanol–water partition coefficient (Wildman–Crippen LogP) is 6.53. The largest absolute Gasteiger partial charge is 0.287 e. The van der Waals surface area contributed by atoms with E-state index in [0.29, 0.717) is 6.04 Å². The van der Waals surface area contributed by atoms with Gasteiger partial charge in [-0.25, -0.2) is 0 Å². The van der Waals surface area contributed by atoms with Crippen molar-refractivity contribution in [1.82, 2.24) is 4.90 Å². The molecule has 0 aliphatic carbocycles. The molecule has 1 aromatic heterocycles. The summed E-state index contributed by atoms with van der Waals surface area (Å²) in [6.45, 7) is 6.68. The number of halogens is 1. The van der Waals surface area contributed by atoms with Crippen molar-refractivity contribution < 1.29 is 0 Å². The van der Waals surface area contributed by atoms with Gasteiger partial charge in [0.1, 0.15) is 0 Å². The highest BCUT2D eigenvalue weighted by molar-refractivity contribution is 9.10. The lowest BCUT2D eigenvalue weighted by molar-refractivity contribution is 0.207. The minimum absolute atomic E-state index is 0.364. The first-order chi connectivity index (χ1) is 12.7. The molecule has 134 valence electrons. The van der Waals surface area contributed by atoms with Gasteiger partial charge >= 0.3 is 0 Å². The topological polar surface area (TPSA) is 3.24 Å². The molecule has 2 aromatic carbocycles. The third kappa shape index (κ3) is 3.40. The van der Waals surface area contributed by atoms with E-state index in [9.17, 15) is 0 Å². The van der Waals surface area contributed by atoms with E-state index in [-0.39, 0.29) is 0 Å². The molecule has 4 rings (SSSR count). The maximum atomic E-state index is 3.62. The van der Waals surface area contributed by atoms with Crippen LogP contribution in [0.1, 0.15) is 45.0 Å². The van der Waals surface area contributed by atoms with Gasteiger partial charge in [-0.05, 0) is 54.2 Å². The van der Waals surface area contributed by atoms with Gasteiger partial charge in [0.2, 0.25) is 0 Å². The van der Waals surface area contributed by atoms with Crippen molar-refractivity contribution in [1.29, 1.82) is 0 Å². The number of rotatable bonds is 4. The Kier molecular flexibility index (Phi) is 5.30. The van der Waals surface area contributed by atoms with E-state index in [1.54, 1.807) is 16.0 Å². The Bertz CT molecular complexity index is 900. The van der Waals surface area contributed by atoms with Crippen LogP contribution in [-0.4, -0.2) is 11.4 Å². The molecule has 0 saturated heterocycles. The number of hydrogen-bond acceptors (Lipinski definition) is 2. The fraction of sp³-hybridized carbons (Fsp3) is 0.304. The molecule has 1 aliphatic rings. The van der Waals surface area contributed by atoms with Gasteiger partial charge in [-0.1, -0.05) is 65.3 Å². The number of nitrogens with zero attached hydrogens (tertiary/aromatic N) is 1. The van der Waals surface area contributed by atoms with Gasteiger partial charge in [0.15, 0.2) is 0 Å². The van der Waals surface area contributed by atoms with Crippen LogP contribution in [-0.2, 0) is 19.4 Å². The first-order valence-corrected chi connectivity index (χ1v) is 10.9. The molecule has 26 heavy (non-hydrogen) atoms. The van der Waals surface area contributed by atoms with E-state index < -0.39 is 0 Å². The van der Waals surface area contributed by atoms with Crippen molar-refractivity contribution in [2.24, 2.45) is 0 Å². The Balaban J connectivity index is 1.76. The Labute approximate surface area is 168 Å². The summed E-state index contributed by atoms with van der Waals surface area (Å²) in [6.07, 6.45) is 2.31. The predicted molar refractivity (Wildman–Crippen MR) is 115 cm³/mol. The molecular formula is C23H24BrNS. The van der Waals surface area contributed by atoms with Crippen molar-refractivity contribution in [3.63, 3.8) is 0 Å². The zero-order chi connectivity index (χ0) is 18.1. The van der Waals surface area contributed by atoms with E-state index in [1.807, 2.05) is 11.3 Å². The van der Waals surface area contributed by atoms with Crippen molar-refractivity contribution in [2.45, 2.75) is 39.3 Å². The van der Waals surface area contributed by atoms with Crippen molar-refractivity contribution in [3.8, 4) is 0 Å². The molecule has 3 aromatic rings. The Hall–Kier alpha value is -1.42. The van der Waals surface area contributed by atoms with Gasteiger partial charge in [0.25, 0.3) is 0 Å². The summed E-state index contributed by atoms with van der Waals surface area (Å²) in [5, 5.41) is 0. The fourth-order valence-electron chi connectivity index (χ4n) is 4.19. The second-order valence-corrected chi connectivity index (χ2v) is 9.17. The Morgan fingerprint density at radius 3 is 2.65 bits per heavy atom. The van der Waals surface area contributed by atoms with E-state index in [4.69, 9.17) is 0 Å². The maximum absolute atomic E-state index is 3.62. The standard InChI is InChI=1S/C23H24BrNS/c1-3-20-16(2)26-23-21(20)12-13-25(15-17-8-7-11-19(24)14-17)22(23)18-9-5-4-6-10-18/h4-11,14,22H,3,12-13,15H2,1-2H3/t22-/m0/s1. The van der Waals surface area contributed by atoms with Crippen LogP contribution in [0.15, 0.2) is 59.1 Å². The molecule has 0 unspecified atom stereocenters. The van der Waals surface area contributed by atoms with Crippen molar-refractivity contribution >= 4 is 27.3 Å². The summed E-state index contributed by atoms with van der Waals surface area (Å²) in [5.41, 5.74) is 5.99. The maximum Gasteiger partial charge on any atom is 0.0702 e. The van der Waals surface area contributed by atoms with E-state index in [2.05, 4.69) is 89.3 Å². The zero-order valence-electron chi connectivity index (χ0n) is 15.3. The molecule has 1 atom stereocenters. The number of fused-ring (bicyclic) bond motifs is 1. The van der Waals surface area contributed by atoms with Gasteiger partial charge in [-0.15, -0.1) is 11.3 Å². The second-order valence-electron chi connectivity index (χ2n) is 7.00. The van der Waals surface area contributed by atoms with Crippen LogP contribution in [0.5, 0.6) is 0 Å². The van der Waals surface area contributed by atoms with Gasteiger partial charge in [-0.2, -0.15) is 0 Å². The summed E-state index contributed by atoms with van der Waals surface area (Å²) < 4.78 is 1.16. The van der Waals surface area contributed by atoms with E-state index in [1.165, 1.54) is 22.4 Å². The molecule has 0 bridgehead atoms. The monoisotopic (exact) mass is 425 g/mol. The van der Waals surface area contributed by atoms with Gasteiger partial charge in [0, 0.05) is 27.3 Å². The van der Waals surface area contributed by atoms with Crippen LogP contribution in [0.25, 0.3) is 0 Å². The summed E-state index contributed by atoms with van der Waals surface area (Å²) in [7, 11) is 0. The van der Waals surface area contributed by atoms with Crippen LogP contribution in [0.2, 0.25) is 0 Å². The first-order valence-electron chi connectivity index (χ1n) is 9.32. The molecule has 3 heteroatoms. The fourth-order valence-corrected chi connectivity index (χ4v) is 6.11. The SMILES string of the molecule is CCc1c(C)sc2c1CCN(Cc1cccc(Br)c1)[C@H]2c1ccccc1. The number of aryl methyl sites for hydroxylation is 1. The number of benzene rings is 2. The Morgan fingerprint density at radius 2 is 1.92 bits per heavy atom. The molecule has 0 spiro atoms. The summed E-state index contributed by atoms with van der Waals surface area (Å²) >= 11 is 5.63. The zero-order valence-corrected chi connectivity index (χ0v) is 17.7. The molecule has 0 amide bonds. The third-order valence-corrected chi connectivity index (χ3v) is 7.09. The summed E-state index contributed by atoms with van der Waals surface area (Å²) in [6, 6.07) is 20.1. The van der Waals surface area contributed by atoms with Crippen LogP contribution >= 0.6 is 27.3 Å². The van der Waals surface area contributed by atoms with E-state index >= 15 is 0 Å². The lowest BCUT2D eigenvalue weighted by atomic mass is 9.91. The molecule has 0 N–H and O–H groups in total. The molecule has 2 heterocycles. The van der Waals surface area contributed by atoms with Crippen LogP contribution in [0.4, 0.5) is 0 Å².